The lowest BCUT2D eigenvalue weighted by Gasteiger charge is -2.14. The first-order valence-electron chi connectivity index (χ1n) is 6.27. The third-order valence-corrected chi connectivity index (χ3v) is 3.35. The van der Waals surface area contributed by atoms with Crippen molar-refractivity contribution in [1.29, 1.82) is 5.26 Å². The molecule has 2 rings (SSSR count). The van der Waals surface area contributed by atoms with Crippen LogP contribution in [-0.4, -0.2) is 0 Å². The van der Waals surface area contributed by atoms with Gasteiger partial charge in [0.25, 0.3) is 0 Å². The van der Waals surface area contributed by atoms with Crippen LogP contribution in [0.1, 0.15) is 29.7 Å². The van der Waals surface area contributed by atoms with Crippen LogP contribution in [0, 0.1) is 17.1 Å². The molecular formula is C16H14ClFN2. The van der Waals surface area contributed by atoms with E-state index in [9.17, 15) is 4.39 Å². The Morgan fingerprint density at radius 1 is 1.30 bits per heavy atom. The molecule has 0 aromatic heterocycles. The summed E-state index contributed by atoms with van der Waals surface area (Å²) in [6, 6.07) is 14.2. The van der Waals surface area contributed by atoms with Crippen LogP contribution in [0.25, 0.3) is 0 Å². The first-order chi connectivity index (χ1) is 9.60. The van der Waals surface area contributed by atoms with Gasteiger partial charge in [-0.1, -0.05) is 29.8 Å². The Morgan fingerprint density at radius 2 is 2.10 bits per heavy atom. The van der Waals surface area contributed by atoms with Crippen LogP contribution in [0.3, 0.4) is 0 Å². The van der Waals surface area contributed by atoms with E-state index in [-0.39, 0.29) is 11.6 Å². The minimum Gasteiger partial charge on any atom is -0.306 e. The van der Waals surface area contributed by atoms with E-state index in [1.54, 1.807) is 12.1 Å². The zero-order chi connectivity index (χ0) is 14.5. The van der Waals surface area contributed by atoms with Gasteiger partial charge in [0.2, 0.25) is 0 Å². The maximum absolute atomic E-state index is 13.2. The fourth-order valence-corrected chi connectivity index (χ4v) is 2.13. The molecule has 1 atom stereocenters. The van der Waals surface area contributed by atoms with Gasteiger partial charge in [-0.15, -0.1) is 0 Å². The summed E-state index contributed by atoms with van der Waals surface area (Å²) >= 11 is 5.96. The van der Waals surface area contributed by atoms with Crippen LogP contribution in [0.2, 0.25) is 5.02 Å². The number of nitriles is 1. The molecule has 0 aliphatic heterocycles. The average Bonchev–Trinajstić information content (AvgIpc) is 2.46. The predicted molar refractivity (Wildman–Crippen MR) is 77.8 cm³/mol. The maximum Gasteiger partial charge on any atom is 0.140 e. The lowest BCUT2D eigenvalue weighted by molar-refractivity contribution is 0.572. The highest BCUT2D eigenvalue weighted by Gasteiger charge is 2.07. The van der Waals surface area contributed by atoms with Crippen molar-refractivity contribution >= 4 is 11.6 Å². The molecule has 1 unspecified atom stereocenters. The molecule has 0 aliphatic rings. The maximum atomic E-state index is 13.2. The van der Waals surface area contributed by atoms with Crippen molar-refractivity contribution in [3.8, 4) is 6.07 Å². The molecule has 0 saturated heterocycles. The van der Waals surface area contributed by atoms with Gasteiger partial charge in [-0.3, -0.25) is 0 Å². The zero-order valence-corrected chi connectivity index (χ0v) is 11.8. The minimum atomic E-state index is -0.487. The van der Waals surface area contributed by atoms with Crippen LogP contribution in [0.15, 0.2) is 42.5 Å². The van der Waals surface area contributed by atoms with E-state index in [0.717, 1.165) is 11.1 Å². The second-order valence-corrected chi connectivity index (χ2v) is 5.02. The van der Waals surface area contributed by atoms with E-state index in [0.29, 0.717) is 11.6 Å². The molecule has 102 valence electrons. The number of hydrogen-bond donors (Lipinski definition) is 1. The quantitative estimate of drug-likeness (QED) is 0.915. The van der Waals surface area contributed by atoms with Gasteiger partial charge in [0.1, 0.15) is 11.9 Å². The van der Waals surface area contributed by atoms with E-state index in [4.69, 9.17) is 16.9 Å². The van der Waals surface area contributed by atoms with Gasteiger partial charge in [0.15, 0.2) is 0 Å². The van der Waals surface area contributed by atoms with Crippen LogP contribution >= 0.6 is 11.6 Å². The Bertz CT molecular complexity index is 649. The minimum absolute atomic E-state index is 0.0692. The van der Waals surface area contributed by atoms with Gasteiger partial charge in [-0.25, -0.2) is 4.39 Å². The summed E-state index contributed by atoms with van der Waals surface area (Å²) in [4.78, 5) is 0. The molecule has 0 spiro atoms. The number of nitrogens with zero attached hydrogens (tertiary/aromatic N) is 1. The van der Waals surface area contributed by atoms with E-state index in [2.05, 4.69) is 5.32 Å². The largest absolute Gasteiger partial charge is 0.306 e. The molecule has 2 aromatic rings. The Morgan fingerprint density at radius 3 is 2.80 bits per heavy atom. The number of halogens is 2. The SMILES string of the molecule is CC(NCc1ccc(F)c(C#N)c1)c1cccc(Cl)c1. The molecule has 0 heterocycles. The summed E-state index contributed by atoms with van der Waals surface area (Å²) in [6.45, 7) is 2.59. The molecule has 0 aliphatic carbocycles. The van der Waals surface area contributed by atoms with Crippen molar-refractivity contribution in [3.63, 3.8) is 0 Å². The van der Waals surface area contributed by atoms with Crippen molar-refractivity contribution < 1.29 is 4.39 Å². The van der Waals surface area contributed by atoms with Crippen molar-refractivity contribution in [2.45, 2.75) is 19.5 Å². The first-order valence-corrected chi connectivity index (χ1v) is 6.65. The van der Waals surface area contributed by atoms with Gasteiger partial charge >= 0.3 is 0 Å². The molecule has 0 fully saturated rings. The Hall–Kier alpha value is -1.89. The molecule has 1 N–H and O–H groups in total. The van der Waals surface area contributed by atoms with E-state index in [1.807, 2.05) is 37.3 Å². The van der Waals surface area contributed by atoms with Crippen molar-refractivity contribution in [3.05, 3.63) is 70.0 Å². The summed E-state index contributed by atoms with van der Waals surface area (Å²) in [5.41, 5.74) is 2.02. The summed E-state index contributed by atoms with van der Waals surface area (Å²) in [5, 5.41) is 12.8. The third kappa shape index (κ3) is 3.57. The van der Waals surface area contributed by atoms with Crippen LogP contribution in [-0.2, 0) is 6.54 Å². The normalized spacial score (nSPS) is 11.9. The van der Waals surface area contributed by atoms with Gasteiger partial charge < -0.3 is 5.32 Å². The Balaban J connectivity index is 2.04. The third-order valence-electron chi connectivity index (χ3n) is 3.11. The van der Waals surface area contributed by atoms with Gasteiger partial charge in [0.05, 0.1) is 5.56 Å². The van der Waals surface area contributed by atoms with Crippen LogP contribution in [0.5, 0.6) is 0 Å². The second kappa shape index (κ2) is 6.51. The Kier molecular flexibility index (Phi) is 4.73. The molecule has 0 radical (unpaired) electrons. The highest BCUT2D eigenvalue weighted by molar-refractivity contribution is 6.30. The molecule has 4 heteroatoms. The predicted octanol–water partition coefficient (Wildman–Crippen LogP) is 4.20. The van der Waals surface area contributed by atoms with Crippen molar-refractivity contribution in [2.75, 3.05) is 0 Å². The Labute approximate surface area is 122 Å². The first kappa shape index (κ1) is 14.5. The molecule has 0 saturated carbocycles. The fourth-order valence-electron chi connectivity index (χ4n) is 1.93. The van der Waals surface area contributed by atoms with E-state index in [1.165, 1.54) is 6.07 Å². The van der Waals surface area contributed by atoms with E-state index >= 15 is 0 Å². The summed E-state index contributed by atoms with van der Waals surface area (Å²) in [7, 11) is 0. The fraction of sp³-hybridized carbons (Fsp3) is 0.188. The average molecular weight is 289 g/mol. The molecule has 2 nitrogen and oxygen atoms in total. The second-order valence-electron chi connectivity index (χ2n) is 4.58. The highest BCUT2D eigenvalue weighted by atomic mass is 35.5. The summed E-state index contributed by atoms with van der Waals surface area (Å²) in [5.74, 6) is -0.487. The highest BCUT2D eigenvalue weighted by Crippen LogP contribution is 2.18. The van der Waals surface area contributed by atoms with Gasteiger partial charge in [0, 0.05) is 17.6 Å². The molecule has 20 heavy (non-hydrogen) atoms. The molecule has 0 amide bonds. The summed E-state index contributed by atoms with van der Waals surface area (Å²) < 4.78 is 13.2. The number of benzene rings is 2. The molecular weight excluding hydrogens is 275 g/mol. The smallest absolute Gasteiger partial charge is 0.140 e. The lowest BCUT2D eigenvalue weighted by Crippen LogP contribution is -2.18. The zero-order valence-electron chi connectivity index (χ0n) is 11.0. The monoisotopic (exact) mass is 288 g/mol. The summed E-state index contributed by atoms with van der Waals surface area (Å²) in [6.07, 6.45) is 0. The van der Waals surface area contributed by atoms with Crippen LogP contribution < -0.4 is 5.32 Å². The number of hydrogen-bond acceptors (Lipinski definition) is 2. The molecule has 0 bridgehead atoms. The molecule has 2 aromatic carbocycles. The topological polar surface area (TPSA) is 35.8 Å². The van der Waals surface area contributed by atoms with Gasteiger partial charge in [-0.05, 0) is 42.3 Å². The lowest BCUT2D eigenvalue weighted by atomic mass is 10.1. The number of nitrogens with one attached hydrogen (secondary N) is 1. The van der Waals surface area contributed by atoms with Crippen molar-refractivity contribution in [2.24, 2.45) is 0 Å². The van der Waals surface area contributed by atoms with Gasteiger partial charge in [-0.2, -0.15) is 5.26 Å². The van der Waals surface area contributed by atoms with Crippen molar-refractivity contribution in [1.82, 2.24) is 5.32 Å². The standard InChI is InChI=1S/C16H14ClFN2/c1-11(13-3-2-4-15(17)8-13)20-10-12-5-6-16(18)14(7-12)9-19/h2-8,11,20H,10H2,1H3. The van der Waals surface area contributed by atoms with E-state index < -0.39 is 5.82 Å². The van der Waals surface area contributed by atoms with Crippen LogP contribution in [0.4, 0.5) is 4.39 Å². The number of rotatable bonds is 4.